The van der Waals surface area contributed by atoms with Crippen LogP contribution in [-0.4, -0.2) is 77.1 Å². The summed E-state index contributed by atoms with van der Waals surface area (Å²) in [7, 11) is 0.950. The van der Waals surface area contributed by atoms with Crippen molar-refractivity contribution in [3.8, 4) is 0 Å². The molecule has 0 bridgehead atoms. The first-order chi connectivity index (χ1) is 20.3. The van der Waals surface area contributed by atoms with E-state index in [0.29, 0.717) is 0 Å². The zero-order valence-electron chi connectivity index (χ0n) is 26.1. The number of hydrogen-bond donors (Lipinski definition) is 7. The van der Waals surface area contributed by atoms with Crippen LogP contribution in [0.4, 0.5) is 0 Å². The van der Waals surface area contributed by atoms with E-state index in [9.17, 15) is 20.3 Å². The van der Waals surface area contributed by atoms with E-state index < -0.39 is 25.3 Å². The lowest BCUT2D eigenvalue weighted by molar-refractivity contribution is 0.128. The molecule has 0 aliphatic carbocycles. The molecule has 0 amide bonds. The second-order valence-electron chi connectivity index (χ2n) is 10.8. The average Bonchev–Trinajstić information content (AvgIpc) is 3.00. The minimum atomic E-state index is -0.858. The van der Waals surface area contributed by atoms with E-state index in [1.54, 1.807) is 26.0 Å². The van der Waals surface area contributed by atoms with Crippen molar-refractivity contribution >= 4 is 19.2 Å². The lowest BCUT2D eigenvalue weighted by Crippen LogP contribution is -2.48. The van der Waals surface area contributed by atoms with Crippen molar-refractivity contribution in [1.82, 2.24) is 10.5 Å². The van der Waals surface area contributed by atoms with Gasteiger partial charge in [-0.3, -0.25) is 0 Å². The first-order valence-corrected chi connectivity index (χ1v) is 15.5. The van der Waals surface area contributed by atoms with Crippen molar-refractivity contribution < 1.29 is 25.5 Å². The average molecular weight is 583 g/mol. The highest BCUT2D eigenvalue weighted by molar-refractivity contribution is 6.45. The molecule has 0 saturated carbocycles. The largest absolute Gasteiger partial charge is 0.437 e. The van der Waals surface area contributed by atoms with Crippen molar-refractivity contribution in [2.45, 2.75) is 96.3 Å². The molecule has 234 valence electrons. The molecule has 0 aliphatic rings. The van der Waals surface area contributed by atoms with E-state index in [1.807, 2.05) is 24.3 Å². The molecule has 42 heavy (non-hydrogen) atoms. The smallest absolute Gasteiger partial charge is 0.374 e. The van der Waals surface area contributed by atoms with E-state index in [4.69, 9.17) is 5.11 Å². The number of unbranched alkanes of at least 4 members (excludes halogenated alkanes) is 4. The van der Waals surface area contributed by atoms with Gasteiger partial charge in [0.1, 0.15) is 0 Å². The molecule has 2 aromatic rings. The highest BCUT2D eigenvalue weighted by Crippen LogP contribution is 2.12. The van der Waals surface area contributed by atoms with Gasteiger partial charge in [-0.25, -0.2) is 0 Å². The minimum absolute atomic E-state index is 0.0849. The summed E-state index contributed by atoms with van der Waals surface area (Å²) in [6.45, 7) is 5.64. The third-order valence-corrected chi connectivity index (χ3v) is 7.11. The van der Waals surface area contributed by atoms with Gasteiger partial charge in [-0.2, -0.15) is 0 Å². The molecule has 0 fully saturated rings. The van der Waals surface area contributed by atoms with Gasteiger partial charge in [0, 0.05) is 0 Å². The minimum Gasteiger partial charge on any atom is -0.437 e. The fourth-order valence-corrected chi connectivity index (χ4v) is 4.38. The number of benzene rings is 2. The Morgan fingerprint density at radius 3 is 1.43 bits per heavy atom. The summed E-state index contributed by atoms with van der Waals surface area (Å²) in [4.78, 5) is 0. The van der Waals surface area contributed by atoms with Crippen molar-refractivity contribution in [1.29, 1.82) is 0 Å². The van der Waals surface area contributed by atoms with Crippen LogP contribution in [0.1, 0.15) is 74.6 Å². The van der Waals surface area contributed by atoms with Gasteiger partial charge in [-0.1, -0.05) is 112 Å². The number of aliphatic hydroxyl groups excluding tert-OH is 4. The third-order valence-electron chi connectivity index (χ3n) is 7.11. The monoisotopic (exact) mass is 582 g/mol. The maximum atomic E-state index is 10.00. The van der Waals surface area contributed by atoms with Gasteiger partial charge in [-0.05, 0) is 61.8 Å². The lowest BCUT2D eigenvalue weighted by Gasteiger charge is -2.20. The van der Waals surface area contributed by atoms with Crippen molar-refractivity contribution in [2.75, 3.05) is 20.3 Å². The van der Waals surface area contributed by atoms with Gasteiger partial charge in [0.15, 0.2) is 0 Å². The van der Waals surface area contributed by atoms with Crippen LogP contribution in [0.3, 0.4) is 0 Å². The maximum absolute atomic E-state index is 10.00. The van der Waals surface area contributed by atoms with Crippen molar-refractivity contribution in [2.24, 2.45) is 0 Å². The van der Waals surface area contributed by atoms with Crippen LogP contribution >= 0.6 is 0 Å². The molecule has 2 aromatic carbocycles. The molecule has 7 nitrogen and oxygen atoms in total. The molecule has 4 atom stereocenters. The third kappa shape index (κ3) is 16.4. The van der Waals surface area contributed by atoms with E-state index in [-0.39, 0.29) is 19.3 Å². The van der Waals surface area contributed by atoms with Gasteiger partial charge >= 0.3 is 7.05 Å². The van der Waals surface area contributed by atoms with Crippen LogP contribution in [0.15, 0.2) is 60.7 Å². The SMILES string of the molecule is CCCCCc1ccc(/C=C/[C@H](O)C(CO)NB(C)O)cc1.CCCCCc1ccc(/C=C/[C@H](O)[C@@H](CO)NC)cc1. The normalized spacial score (nSPS) is 14.4. The molecule has 0 aromatic heterocycles. The van der Waals surface area contributed by atoms with Crippen LogP contribution in [0.5, 0.6) is 0 Å². The quantitative estimate of drug-likeness (QED) is 0.0977. The first kappa shape index (κ1) is 37.7. The topological polar surface area (TPSA) is 125 Å². The van der Waals surface area contributed by atoms with E-state index >= 15 is 0 Å². The number of aliphatic hydroxyl groups is 4. The zero-order valence-corrected chi connectivity index (χ0v) is 26.1. The van der Waals surface area contributed by atoms with Crippen LogP contribution in [0.2, 0.25) is 6.82 Å². The molecule has 0 saturated heterocycles. The standard InChI is InChI=1S/C17H28BNO3.C17H27NO2/c1-3-4-5-6-14-7-9-15(10-8-14)11-12-17(21)16(13-20)19-18(2)22;1-3-4-5-6-14-7-9-15(10-8-14)11-12-17(20)16(13-19)18-2/h7-12,16-17,19-22H,3-6,13H2,1-2H3;7-12,16-20H,3-6,13H2,1-2H3/b2*12-11+/t16?,17-;16-,17+/m01/s1. The molecule has 0 spiro atoms. The molecule has 0 radical (unpaired) electrons. The predicted octanol–water partition coefficient (Wildman–Crippen LogP) is 4.23. The molecule has 7 N–H and O–H groups in total. The summed E-state index contributed by atoms with van der Waals surface area (Å²) in [6.07, 6.45) is 15.2. The molecule has 8 heteroatoms. The highest BCUT2D eigenvalue weighted by atomic mass is 16.3. The van der Waals surface area contributed by atoms with Gasteiger partial charge in [0.05, 0.1) is 37.5 Å². The van der Waals surface area contributed by atoms with Crippen LogP contribution < -0.4 is 10.5 Å². The second kappa shape index (κ2) is 23.2. The number of nitrogens with one attached hydrogen (secondary N) is 2. The summed E-state index contributed by atoms with van der Waals surface area (Å²) in [5.74, 6) is 0. The Bertz CT molecular complexity index is 978. The lowest BCUT2D eigenvalue weighted by atomic mass is 9.86. The zero-order chi connectivity index (χ0) is 31.2. The van der Waals surface area contributed by atoms with Gasteiger partial charge in [0.25, 0.3) is 0 Å². The Labute approximate surface area is 254 Å². The second-order valence-corrected chi connectivity index (χ2v) is 10.8. The van der Waals surface area contributed by atoms with Gasteiger partial charge < -0.3 is 36.0 Å². The van der Waals surface area contributed by atoms with Crippen LogP contribution in [0, 0.1) is 0 Å². The van der Waals surface area contributed by atoms with E-state index in [0.717, 1.165) is 24.0 Å². The van der Waals surface area contributed by atoms with E-state index in [2.05, 4.69) is 60.8 Å². The molecule has 2 rings (SSSR count). The summed E-state index contributed by atoms with van der Waals surface area (Å²) in [5.41, 5.74) is 4.76. The predicted molar refractivity (Wildman–Crippen MR) is 177 cm³/mol. The molecule has 0 aliphatic heterocycles. The summed E-state index contributed by atoms with van der Waals surface area (Å²) < 4.78 is 0. The Kier molecular flexibility index (Phi) is 20.8. The molecule has 0 heterocycles. The summed E-state index contributed by atoms with van der Waals surface area (Å²) >= 11 is 0. The van der Waals surface area contributed by atoms with Crippen LogP contribution in [0.25, 0.3) is 12.2 Å². The Morgan fingerprint density at radius 2 is 1.10 bits per heavy atom. The fraction of sp³-hybridized carbons (Fsp3) is 0.529. The number of aryl methyl sites for hydroxylation is 2. The molecular weight excluding hydrogens is 527 g/mol. The Balaban J connectivity index is 0.000000422. The van der Waals surface area contributed by atoms with Crippen LogP contribution in [-0.2, 0) is 12.8 Å². The summed E-state index contributed by atoms with van der Waals surface area (Å²) in [6, 6.07) is 15.8. The van der Waals surface area contributed by atoms with Crippen molar-refractivity contribution in [3.05, 3.63) is 82.9 Å². The van der Waals surface area contributed by atoms with Gasteiger partial charge in [-0.15, -0.1) is 0 Å². The van der Waals surface area contributed by atoms with Crippen molar-refractivity contribution in [3.63, 3.8) is 0 Å². The molecular formula is C34H55BN2O5. The van der Waals surface area contributed by atoms with E-state index in [1.165, 1.54) is 49.7 Å². The number of likely N-dealkylation sites (N-methyl/N-ethyl adjacent to an activating group) is 1. The maximum Gasteiger partial charge on any atom is 0.374 e. The Morgan fingerprint density at radius 1 is 0.690 bits per heavy atom. The number of rotatable bonds is 19. The Hall–Kier alpha value is -2.30. The highest BCUT2D eigenvalue weighted by Gasteiger charge is 2.18. The number of hydrogen-bond acceptors (Lipinski definition) is 7. The first-order valence-electron chi connectivity index (χ1n) is 15.5. The molecule has 1 unspecified atom stereocenters. The summed E-state index contributed by atoms with van der Waals surface area (Å²) in [5, 5.41) is 53.0. The fourth-order valence-electron chi connectivity index (χ4n) is 4.38. The van der Waals surface area contributed by atoms with Gasteiger partial charge in [0.2, 0.25) is 0 Å².